The molecule has 0 spiro atoms. The van der Waals surface area contributed by atoms with Crippen molar-refractivity contribution < 1.29 is 8.42 Å². The van der Waals surface area contributed by atoms with Crippen LogP contribution in [0.4, 0.5) is 11.5 Å². The van der Waals surface area contributed by atoms with Crippen molar-refractivity contribution in [2.75, 3.05) is 29.2 Å². The molecule has 0 aliphatic carbocycles. The van der Waals surface area contributed by atoms with Crippen LogP contribution in [0.25, 0.3) is 0 Å². The molecule has 2 heterocycles. The van der Waals surface area contributed by atoms with E-state index in [0.29, 0.717) is 17.9 Å². The SMILES string of the molecule is Cc1ccc(N)c(N(C)C2CCS(=O)(=O)C2)n1. The minimum absolute atomic E-state index is 0.0170. The summed E-state index contributed by atoms with van der Waals surface area (Å²) in [5.41, 5.74) is 7.33. The second-order valence-corrected chi connectivity index (χ2v) is 6.76. The molecule has 1 aliphatic heterocycles. The maximum absolute atomic E-state index is 11.5. The topological polar surface area (TPSA) is 76.3 Å². The van der Waals surface area contributed by atoms with Crippen LogP contribution in [0.15, 0.2) is 12.1 Å². The van der Waals surface area contributed by atoms with E-state index in [1.165, 1.54) is 0 Å². The largest absolute Gasteiger partial charge is 0.396 e. The van der Waals surface area contributed by atoms with Gasteiger partial charge in [-0.15, -0.1) is 0 Å². The number of aromatic nitrogens is 1. The summed E-state index contributed by atoms with van der Waals surface area (Å²) in [5, 5.41) is 0. The molecule has 1 aliphatic rings. The lowest BCUT2D eigenvalue weighted by atomic mass is 10.2. The van der Waals surface area contributed by atoms with E-state index < -0.39 is 9.84 Å². The van der Waals surface area contributed by atoms with Crippen LogP contribution in [0, 0.1) is 6.92 Å². The van der Waals surface area contributed by atoms with E-state index in [4.69, 9.17) is 5.73 Å². The zero-order valence-electron chi connectivity index (χ0n) is 10.0. The molecule has 17 heavy (non-hydrogen) atoms. The van der Waals surface area contributed by atoms with Gasteiger partial charge in [-0.3, -0.25) is 0 Å². The third-order valence-electron chi connectivity index (χ3n) is 3.13. The summed E-state index contributed by atoms with van der Waals surface area (Å²) in [6, 6.07) is 3.63. The predicted molar refractivity (Wildman–Crippen MR) is 68.8 cm³/mol. The van der Waals surface area contributed by atoms with Crippen molar-refractivity contribution in [3.8, 4) is 0 Å². The summed E-state index contributed by atoms with van der Waals surface area (Å²) in [6.07, 6.45) is 0.647. The fourth-order valence-corrected chi connectivity index (χ4v) is 3.86. The van der Waals surface area contributed by atoms with Crippen LogP contribution in [0.1, 0.15) is 12.1 Å². The Hall–Kier alpha value is -1.30. The van der Waals surface area contributed by atoms with Crippen molar-refractivity contribution in [3.05, 3.63) is 17.8 Å². The predicted octanol–water partition coefficient (Wildman–Crippen LogP) is 0.596. The van der Waals surface area contributed by atoms with Gasteiger partial charge in [-0.2, -0.15) is 0 Å². The van der Waals surface area contributed by atoms with Gasteiger partial charge < -0.3 is 10.6 Å². The van der Waals surface area contributed by atoms with Gasteiger partial charge in [-0.05, 0) is 25.5 Å². The molecular formula is C11H17N3O2S. The van der Waals surface area contributed by atoms with E-state index >= 15 is 0 Å². The summed E-state index contributed by atoms with van der Waals surface area (Å²) < 4.78 is 22.9. The third kappa shape index (κ3) is 2.52. The van der Waals surface area contributed by atoms with Gasteiger partial charge in [-0.1, -0.05) is 0 Å². The fraction of sp³-hybridized carbons (Fsp3) is 0.545. The van der Waals surface area contributed by atoms with Gasteiger partial charge in [0.25, 0.3) is 0 Å². The zero-order chi connectivity index (χ0) is 12.6. The number of anilines is 2. The van der Waals surface area contributed by atoms with Crippen LogP contribution in [0.2, 0.25) is 0 Å². The van der Waals surface area contributed by atoms with Crippen LogP contribution in [0.5, 0.6) is 0 Å². The molecule has 1 saturated heterocycles. The first-order valence-corrected chi connectivity index (χ1v) is 7.37. The molecule has 0 aromatic carbocycles. The minimum Gasteiger partial charge on any atom is -0.396 e. The van der Waals surface area contributed by atoms with Crippen LogP contribution < -0.4 is 10.6 Å². The lowest BCUT2D eigenvalue weighted by molar-refractivity contribution is 0.600. The van der Waals surface area contributed by atoms with Gasteiger partial charge in [0, 0.05) is 18.8 Å². The molecule has 2 N–H and O–H groups in total. The van der Waals surface area contributed by atoms with Gasteiger partial charge >= 0.3 is 0 Å². The fourth-order valence-electron chi connectivity index (χ4n) is 2.09. The molecule has 1 atom stereocenters. The molecule has 0 radical (unpaired) electrons. The lowest BCUT2D eigenvalue weighted by Gasteiger charge is -2.25. The van der Waals surface area contributed by atoms with Gasteiger partial charge in [0.15, 0.2) is 15.7 Å². The Bertz CT molecular complexity index is 528. The Morgan fingerprint density at radius 2 is 2.18 bits per heavy atom. The lowest BCUT2D eigenvalue weighted by Crippen LogP contribution is -2.33. The molecule has 2 rings (SSSR count). The molecule has 1 fully saturated rings. The average molecular weight is 255 g/mol. The van der Waals surface area contributed by atoms with E-state index in [0.717, 1.165) is 5.69 Å². The maximum Gasteiger partial charge on any atom is 0.152 e. The molecule has 5 nitrogen and oxygen atoms in total. The Balaban J connectivity index is 2.26. The molecule has 0 bridgehead atoms. The smallest absolute Gasteiger partial charge is 0.152 e. The number of hydrogen-bond acceptors (Lipinski definition) is 5. The van der Waals surface area contributed by atoms with Crippen molar-refractivity contribution in [1.29, 1.82) is 0 Å². The highest BCUT2D eigenvalue weighted by Crippen LogP contribution is 2.25. The molecule has 0 amide bonds. The highest BCUT2D eigenvalue weighted by molar-refractivity contribution is 7.91. The van der Waals surface area contributed by atoms with Crippen LogP contribution in [-0.4, -0.2) is 38.0 Å². The monoisotopic (exact) mass is 255 g/mol. The van der Waals surface area contributed by atoms with Gasteiger partial charge in [0.05, 0.1) is 17.2 Å². The minimum atomic E-state index is -2.88. The molecule has 94 valence electrons. The standard InChI is InChI=1S/C11H17N3O2S/c1-8-3-4-10(12)11(13-8)14(2)9-5-6-17(15,16)7-9/h3-4,9H,5-7,12H2,1-2H3. The molecule has 0 saturated carbocycles. The third-order valence-corrected chi connectivity index (χ3v) is 4.89. The Kier molecular flexibility index (Phi) is 2.99. The van der Waals surface area contributed by atoms with E-state index in [-0.39, 0.29) is 17.5 Å². The average Bonchev–Trinajstić information content (AvgIpc) is 2.61. The number of nitrogens with two attached hydrogens (primary N) is 1. The molecule has 1 aromatic rings. The van der Waals surface area contributed by atoms with Gasteiger partial charge in [0.1, 0.15) is 0 Å². The number of rotatable bonds is 2. The van der Waals surface area contributed by atoms with E-state index in [1.54, 1.807) is 6.07 Å². The number of nitrogen functional groups attached to an aromatic ring is 1. The normalized spacial score (nSPS) is 22.6. The summed E-state index contributed by atoms with van der Waals surface area (Å²) >= 11 is 0. The highest BCUT2D eigenvalue weighted by atomic mass is 32.2. The number of pyridine rings is 1. The Labute approximate surface area is 102 Å². The van der Waals surface area contributed by atoms with E-state index in [2.05, 4.69) is 4.98 Å². The second-order valence-electron chi connectivity index (χ2n) is 4.53. The summed E-state index contributed by atoms with van der Waals surface area (Å²) in [6.45, 7) is 1.89. The van der Waals surface area contributed by atoms with Gasteiger partial charge in [-0.25, -0.2) is 13.4 Å². The maximum atomic E-state index is 11.5. The number of aryl methyl sites for hydroxylation is 1. The first-order valence-electron chi connectivity index (χ1n) is 5.55. The molecule has 1 unspecified atom stereocenters. The van der Waals surface area contributed by atoms with Crippen LogP contribution >= 0.6 is 0 Å². The van der Waals surface area contributed by atoms with Gasteiger partial charge in [0.2, 0.25) is 0 Å². The zero-order valence-corrected chi connectivity index (χ0v) is 10.9. The first-order chi connectivity index (χ1) is 7.89. The number of hydrogen-bond donors (Lipinski definition) is 1. The van der Waals surface area contributed by atoms with E-state index in [1.807, 2.05) is 24.9 Å². The van der Waals surface area contributed by atoms with Crippen molar-refractivity contribution in [3.63, 3.8) is 0 Å². The Morgan fingerprint density at radius 1 is 1.47 bits per heavy atom. The molecule has 1 aromatic heterocycles. The number of nitrogens with zero attached hydrogens (tertiary/aromatic N) is 2. The molecule has 6 heteroatoms. The second kappa shape index (κ2) is 4.18. The number of sulfone groups is 1. The van der Waals surface area contributed by atoms with Crippen molar-refractivity contribution >= 4 is 21.3 Å². The van der Waals surface area contributed by atoms with Crippen LogP contribution in [0.3, 0.4) is 0 Å². The van der Waals surface area contributed by atoms with Crippen molar-refractivity contribution in [2.24, 2.45) is 0 Å². The van der Waals surface area contributed by atoms with Crippen molar-refractivity contribution in [2.45, 2.75) is 19.4 Å². The summed E-state index contributed by atoms with van der Waals surface area (Å²) in [4.78, 5) is 6.25. The van der Waals surface area contributed by atoms with Crippen molar-refractivity contribution in [1.82, 2.24) is 4.98 Å². The summed E-state index contributed by atoms with van der Waals surface area (Å²) in [5.74, 6) is 1.12. The quantitative estimate of drug-likeness (QED) is 0.837. The highest BCUT2D eigenvalue weighted by Gasteiger charge is 2.31. The Morgan fingerprint density at radius 3 is 2.76 bits per heavy atom. The van der Waals surface area contributed by atoms with Crippen LogP contribution in [-0.2, 0) is 9.84 Å². The van der Waals surface area contributed by atoms with E-state index in [9.17, 15) is 8.42 Å². The first kappa shape index (κ1) is 12.2. The molecular weight excluding hydrogens is 238 g/mol. The summed E-state index contributed by atoms with van der Waals surface area (Å²) in [7, 11) is -1.03.